The van der Waals surface area contributed by atoms with Crippen molar-refractivity contribution in [2.45, 2.75) is 43.0 Å². The first-order valence-electron chi connectivity index (χ1n) is 9.32. The van der Waals surface area contributed by atoms with Crippen molar-refractivity contribution in [2.24, 2.45) is 0 Å². The molecule has 8 nitrogen and oxygen atoms in total. The highest BCUT2D eigenvalue weighted by atomic mass is 35.5. The zero-order chi connectivity index (χ0) is 22.2. The highest BCUT2D eigenvalue weighted by Crippen LogP contribution is 2.34. The Kier molecular flexibility index (Phi) is 6.51. The largest absolute Gasteiger partial charge is 0.480 e. The number of hydrogen-bond acceptors (Lipinski definition) is 6. The molecule has 0 saturated carbocycles. The van der Waals surface area contributed by atoms with Gasteiger partial charge in [-0.3, -0.25) is 9.59 Å². The van der Waals surface area contributed by atoms with Crippen molar-refractivity contribution in [3.05, 3.63) is 29.3 Å². The van der Waals surface area contributed by atoms with Gasteiger partial charge in [0.2, 0.25) is 5.91 Å². The second-order valence-corrected chi connectivity index (χ2v) is 10.7. The van der Waals surface area contributed by atoms with Crippen LogP contribution in [0.3, 0.4) is 0 Å². The van der Waals surface area contributed by atoms with Gasteiger partial charge in [0.25, 0.3) is 10.0 Å². The molecule has 2 heterocycles. The van der Waals surface area contributed by atoms with Gasteiger partial charge in [-0.25, -0.2) is 13.2 Å². The molecule has 1 amide bonds. The smallest absolute Gasteiger partial charge is 0.326 e. The van der Waals surface area contributed by atoms with E-state index in [0.717, 1.165) is 20.5 Å². The van der Waals surface area contributed by atoms with E-state index in [-0.39, 0.29) is 29.4 Å². The Labute approximate surface area is 183 Å². The number of hydrogen-bond donors (Lipinski definition) is 1. The van der Waals surface area contributed by atoms with E-state index in [1.807, 2.05) is 0 Å². The van der Waals surface area contributed by atoms with Gasteiger partial charge in [0.1, 0.15) is 22.1 Å². The van der Waals surface area contributed by atoms with E-state index in [1.165, 1.54) is 13.0 Å². The second-order valence-electron chi connectivity index (χ2n) is 7.04. The summed E-state index contributed by atoms with van der Waals surface area (Å²) in [6, 6.07) is 4.27. The van der Waals surface area contributed by atoms with Gasteiger partial charge in [0.15, 0.2) is 0 Å². The Bertz CT molecular complexity index is 1110. The topological polar surface area (TPSA) is 112 Å². The molecule has 3 rings (SSSR count). The van der Waals surface area contributed by atoms with Crippen LogP contribution >= 0.6 is 22.9 Å². The molecule has 1 saturated heterocycles. The molecule has 0 aliphatic carbocycles. The number of rotatable bonds is 8. The van der Waals surface area contributed by atoms with Crippen molar-refractivity contribution in [1.82, 2.24) is 9.21 Å². The molecule has 0 bridgehead atoms. The molecule has 1 fully saturated rings. The normalized spacial score (nSPS) is 18.3. The zero-order valence-corrected chi connectivity index (χ0v) is 18.8. The van der Waals surface area contributed by atoms with Crippen LogP contribution in [0.1, 0.15) is 26.7 Å². The van der Waals surface area contributed by atoms with Gasteiger partial charge in [-0.05, 0) is 43.0 Å². The lowest BCUT2D eigenvalue weighted by Gasteiger charge is -2.27. The molecule has 162 valence electrons. The minimum Gasteiger partial charge on any atom is -0.480 e. The van der Waals surface area contributed by atoms with E-state index >= 15 is 0 Å². The van der Waals surface area contributed by atoms with E-state index < -0.39 is 40.5 Å². The van der Waals surface area contributed by atoms with Crippen LogP contribution in [0.2, 0.25) is 5.02 Å². The summed E-state index contributed by atoms with van der Waals surface area (Å²) in [5.74, 6) is -2.12. The summed E-state index contributed by atoms with van der Waals surface area (Å²) < 4.78 is 28.5. The number of carboxylic acids is 1. The third kappa shape index (κ3) is 4.22. The number of sulfonamides is 1. The van der Waals surface area contributed by atoms with Crippen LogP contribution in [-0.4, -0.2) is 65.6 Å². The lowest BCUT2D eigenvalue weighted by atomic mass is 10.2. The minimum atomic E-state index is -4.17. The molecule has 1 aliphatic heterocycles. The predicted octanol–water partition coefficient (Wildman–Crippen LogP) is 2.60. The summed E-state index contributed by atoms with van der Waals surface area (Å²) in [5.41, 5.74) is 0. The lowest BCUT2D eigenvalue weighted by molar-refractivity contribution is -0.148. The number of benzene rings is 1. The fraction of sp³-hybridized carbons (Fsp3) is 0.421. The monoisotopic (exact) mass is 472 g/mol. The van der Waals surface area contributed by atoms with Crippen LogP contribution in [0.5, 0.6) is 0 Å². The average molecular weight is 473 g/mol. The van der Waals surface area contributed by atoms with Crippen LogP contribution in [-0.2, 0) is 24.4 Å². The first-order chi connectivity index (χ1) is 14.1. The lowest BCUT2D eigenvalue weighted by Crippen LogP contribution is -2.49. The molecular formula is C19H21ClN2O6S2. The number of halogens is 1. The van der Waals surface area contributed by atoms with Gasteiger partial charge >= 0.3 is 5.97 Å². The minimum absolute atomic E-state index is 0.00111. The van der Waals surface area contributed by atoms with Crippen molar-refractivity contribution < 1.29 is 27.9 Å². The highest BCUT2D eigenvalue weighted by Gasteiger charge is 2.45. The highest BCUT2D eigenvalue weighted by molar-refractivity contribution is 7.91. The van der Waals surface area contributed by atoms with Crippen LogP contribution in [0.4, 0.5) is 0 Å². The standard InChI is InChI=1S/C19H21ClN2O6S2/c1-3-14(23)10-22(15-6-7-21(18(15)24)11(2)19(25)26)30(27,28)17-9-12-8-13(20)4-5-16(12)29-17/h4-5,8-9,11,15H,3,6-7,10H2,1-2H3,(H,25,26)/t11-,15-/m0/s1. The fourth-order valence-electron chi connectivity index (χ4n) is 3.35. The summed E-state index contributed by atoms with van der Waals surface area (Å²) >= 11 is 7.02. The zero-order valence-electron chi connectivity index (χ0n) is 16.4. The summed E-state index contributed by atoms with van der Waals surface area (Å²) in [6.45, 7) is 2.64. The molecule has 30 heavy (non-hydrogen) atoms. The number of carboxylic acid groups (broad SMARTS) is 1. The SMILES string of the molecule is CCC(=O)CN([C@H]1CCN([C@@H](C)C(=O)O)C1=O)S(=O)(=O)c1cc2cc(Cl)ccc2s1. The maximum Gasteiger partial charge on any atom is 0.326 e. The quantitative estimate of drug-likeness (QED) is 0.632. The van der Waals surface area contributed by atoms with Crippen molar-refractivity contribution in [1.29, 1.82) is 0 Å². The Morgan fingerprint density at radius 3 is 2.70 bits per heavy atom. The molecule has 1 aromatic heterocycles. The van der Waals surface area contributed by atoms with Crippen LogP contribution < -0.4 is 0 Å². The van der Waals surface area contributed by atoms with Crippen LogP contribution in [0.15, 0.2) is 28.5 Å². The number of nitrogens with zero attached hydrogens (tertiary/aromatic N) is 2. The molecule has 1 aliphatic rings. The molecule has 0 spiro atoms. The Hall–Kier alpha value is -2.01. The number of Topliss-reactive ketones (excluding diaryl/α,β-unsaturated/α-hetero) is 1. The Balaban J connectivity index is 2.01. The van der Waals surface area contributed by atoms with Crippen molar-refractivity contribution in [2.75, 3.05) is 13.1 Å². The number of likely N-dealkylation sites (tertiary alicyclic amines) is 1. The number of thiophene rings is 1. The van der Waals surface area contributed by atoms with Gasteiger partial charge in [0, 0.05) is 22.7 Å². The van der Waals surface area contributed by atoms with E-state index in [4.69, 9.17) is 11.6 Å². The van der Waals surface area contributed by atoms with E-state index in [0.29, 0.717) is 15.1 Å². The first-order valence-corrected chi connectivity index (χ1v) is 12.0. The maximum atomic E-state index is 13.4. The summed E-state index contributed by atoms with van der Waals surface area (Å²) in [7, 11) is -4.17. The molecule has 2 atom stereocenters. The molecule has 1 aromatic carbocycles. The Morgan fingerprint density at radius 1 is 1.37 bits per heavy atom. The van der Waals surface area contributed by atoms with Gasteiger partial charge in [0.05, 0.1) is 6.54 Å². The number of aliphatic carboxylic acids is 1. The van der Waals surface area contributed by atoms with E-state index in [1.54, 1.807) is 25.1 Å². The number of carbonyl (C=O) groups excluding carboxylic acids is 2. The summed E-state index contributed by atoms with van der Waals surface area (Å²) in [4.78, 5) is 37.5. The summed E-state index contributed by atoms with van der Waals surface area (Å²) in [6.07, 6.45) is 0.230. The van der Waals surface area contributed by atoms with Crippen LogP contribution in [0, 0.1) is 0 Å². The number of carbonyl (C=O) groups is 3. The number of fused-ring (bicyclic) bond motifs is 1. The maximum absolute atomic E-state index is 13.4. The predicted molar refractivity (Wildman–Crippen MR) is 113 cm³/mol. The second kappa shape index (κ2) is 8.62. The van der Waals surface area contributed by atoms with Gasteiger partial charge in [-0.1, -0.05) is 18.5 Å². The molecule has 0 unspecified atom stereocenters. The average Bonchev–Trinajstić information content (AvgIpc) is 3.28. The third-order valence-electron chi connectivity index (χ3n) is 5.13. The Morgan fingerprint density at radius 2 is 2.07 bits per heavy atom. The van der Waals surface area contributed by atoms with Crippen molar-refractivity contribution in [3.8, 4) is 0 Å². The number of amides is 1. The summed E-state index contributed by atoms with van der Waals surface area (Å²) in [5, 5.41) is 10.3. The number of ketones is 1. The molecule has 1 N–H and O–H groups in total. The first kappa shape index (κ1) is 22.7. The molecule has 0 radical (unpaired) electrons. The molecular weight excluding hydrogens is 452 g/mol. The van der Waals surface area contributed by atoms with Crippen molar-refractivity contribution in [3.63, 3.8) is 0 Å². The fourth-order valence-corrected chi connectivity index (χ4v) is 6.64. The van der Waals surface area contributed by atoms with E-state index in [2.05, 4.69) is 0 Å². The van der Waals surface area contributed by atoms with E-state index in [9.17, 15) is 27.9 Å². The molecule has 11 heteroatoms. The van der Waals surface area contributed by atoms with Gasteiger partial charge in [-0.2, -0.15) is 4.31 Å². The van der Waals surface area contributed by atoms with Crippen LogP contribution in [0.25, 0.3) is 10.1 Å². The van der Waals surface area contributed by atoms with Crippen molar-refractivity contribution >= 4 is 60.7 Å². The van der Waals surface area contributed by atoms with Gasteiger partial charge in [-0.15, -0.1) is 11.3 Å². The third-order valence-corrected chi connectivity index (χ3v) is 8.78. The molecule has 2 aromatic rings. The van der Waals surface area contributed by atoms with Gasteiger partial charge < -0.3 is 10.0 Å².